The smallest absolute Gasteiger partial charge is 0.329 e. The minimum absolute atomic E-state index is 0.490. The first-order valence-electron chi connectivity index (χ1n) is 8.77. The lowest BCUT2D eigenvalue weighted by atomic mass is 10.2. The Morgan fingerprint density at radius 3 is 2.42 bits per heavy atom. The number of benzene rings is 1. The van der Waals surface area contributed by atoms with Gasteiger partial charge in [0.25, 0.3) is 0 Å². The molecule has 2 rings (SSSR count). The highest BCUT2D eigenvalue weighted by Crippen LogP contribution is 2.22. The van der Waals surface area contributed by atoms with Crippen LogP contribution in [0.1, 0.15) is 36.4 Å². The van der Waals surface area contributed by atoms with Gasteiger partial charge in [-0.2, -0.15) is 5.10 Å². The molecule has 6 heteroatoms. The minimum atomic E-state index is -0.724. The number of hydrazone groups is 1. The van der Waals surface area contributed by atoms with Gasteiger partial charge in [-0.1, -0.05) is 18.2 Å². The monoisotopic (exact) mass is 354 g/mol. The maximum Gasteiger partial charge on any atom is 0.329 e. The molecule has 0 radical (unpaired) electrons. The van der Waals surface area contributed by atoms with Crippen LogP contribution in [0.2, 0.25) is 0 Å². The molecular formula is C20H26N4O2. The van der Waals surface area contributed by atoms with Gasteiger partial charge in [-0.05, 0) is 52.3 Å². The topological polar surface area (TPSA) is 66.7 Å². The van der Waals surface area contributed by atoms with Crippen molar-refractivity contribution in [2.24, 2.45) is 5.10 Å². The van der Waals surface area contributed by atoms with Crippen LogP contribution in [0.15, 0.2) is 35.4 Å². The number of para-hydroxylation sites is 1. The lowest BCUT2D eigenvalue weighted by Crippen LogP contribution is -2.41. The molecule has 1 aromatic carbocycles. The molecule has 0 aliphatic carbocycles. The summed E-state index contributed by atoms with van der Waals surface area (Å²) in [6, 6.07) is 10.2. The number of carbonyl (C=O) groups excluding carboxylic acids is 2. The van der Waals surface area contributed by atoms with Gasteiger partial charge in [0.15, 0.2) is 0 Å². The molecule has 0 bridgehead atoms. The Morgan fingerprint density at radius 1 is 1.15 bits per heavy atom. The molecule has 0 unspecified atom stereocenters. The Bertz CT molecular complexity index is 832. The van der Waals surface area contributed by atoms with Gasteiger partial charge in [-0.25, -0.2) is 5.43 Å². The standard InChI is InChI=1S/C20H26N4O2/c1-6-23(7-2)20(26)19(25)22-21-13-17-12-15(4)24(16(17)5)18-11-9-8-10-14(18)3/h8-13H,6-7H2,1-5H3,(H,22,25)/b21-13-. The van der Waals surface area contributed by atoms with E-state index >= 15 is 0 Å². The van der Waals surface area contributed by atoms with Crippen LogP contribution >= 0.6 is 0 Å². The van der Waals surface area contributed by atoms with E-state index in [2.05, 4.69) is 34.2 Å². The number of hydrogen-bond donors (Lipinski definition) is 1. The van der Waals surface area contributed by atoms with Gasteiger partial charge < -0.3 is 9.47 Å². The van der Waals surface area contributed by atoms with Crippen molar-refractivity contribution in [3.05, 3.63) is 52.8 Å². The highest BCUT2D eigenvalue weighted by atomic mass is 16.2. The van der Waals surface area contributed by atoms with Gasteiger partial charge in [0.1, 0.15) is 0 Å². The Hall–Kier alpha value is -2.89. The normalized spacial score (nSPS) is 11.0. The van der Waals surface area contributed by atoms with E-state index in [-0.39, 0.29) is 0 Å². The van der Waals surface area contributed by atoms with E-state index in [1.165, 1.54) is 10.5 Å². The van der Waals surface area contributed by atoms with E-state index in [0.717, 1.165) is 22.6 Å². The highest BCUT2D eigenvalue weighted by molar-refractivity contribution is 6.34. The minimum Gasteiger partial charge on any atom is -0.335 e. The molecular weight excluding hydrogens is 328 g/mol. The van der Waals surface area contributed by atoms with Crippen molar-refractivity contribution < 1.29 is 9.59 Å². The molecule has 1 aromatic heterocycles. The van der Waals surface area contributed by atoms with Crippen molar-refractivity contribution in [3.63, 3.8) is 0 Å². The lowest BCUT2D eigenvalue weighted by Gasteiger charge is -2.16. The summed E-state index contributed by atoms with van der Waals surface area (Å²) in [6.45, 7) is 10.7. The molecule has 26 heavy (non-hydrogen) atoms. The second-order valence-corrected chi connectivity index (χ2v) is 6.12. The van der Waals surface area contributed by atoms with Crippen LogP contribution in [0, 0.1) is 20.8 Å². The fourth-order valence-electron chi connectivity index (χ4n) is 2.97. The molecule has 6 nitrogen and oxygen atoms in total. The Labute approximate surface area is 154 Å². The molecule has 0 aliphatic rings. The van der Waals surface area contributed by atoms with Crippen molar-refractivity contribution >= 4 is 18.0 Å². The summed E-state index contributed by atoms with van der Waals surface area (Å²) in [5.74, 6) is -1.30. The summed E-state index contributed by atoms with van der Waals surface area (Å²) >= 11 is 0. The maximum absolute atomic E-state index is 11.9. The molecule has 0 aliphatic heterocycles. The summed E-state index contributed by atoms with van der Waals surface area (Å²) in [5, 5.41) is 3.96. The lowest BCUT2D eigenvalue weighted by molar-refractivity contribution is -0.145. The summed E-state index contributed by atoms with van der Waals surface area (Å²) < 4.78 is 2.15. The number of nitrogens with zero attached hydrogens (tertiary/aromatic N) is 3. The number of carbonyl (C=O) groups is 2. The predicted octanol–water partition coefficient (Wildman–Crippen LogP) is 2.72. The first kappa shape index (κ1) is 19.4. The van der Waals surface area contributed by atoms with Gasteiger partial charge in [0.2, 0.25) is 0 Å². The SMILES string of the molecule is CCN(CC)C(=O)C(=O)N/N=C\c1cc(C)n(-c2ccccc2C)c1C. The quantitative estimate of drug-likeness (QED) is 0.510. The van der Waals surface area contributed by atoms with Crippen molar-refractivity contribution in [1.82, 2.24) is 14.9 Å². The summed E-state index contributed by atoms with van der Waals surface area (Å²) in [6.07, 6.45) is 1.57. The third-order valence-electron chi connectivity index (χ3n) is 4.44. The third-order valence-corrected chi connectivity index (χ3v) is 4.44. The van der Waals surface area contributed by atoms with Crippen LogP contribution in [-0.2, 0) is 9.59 Å². The molecule has 2 amide bonds. The summed E-state index contributed by atoms with van der Waals surface area (Å²) in [5.41, 5.74) is 7.59. The second kappa shape index (κ2) is 8.47. The number of aryl methyl sites for hydroxylation is 2. The number of hydrogen-bond acceptors (Lipinski definition) is 3. The second-order valence-electron chi connectivity index (χ2n) is 6.12. The zero-order valence-corrected chi connectivity index (χ0v) is 16.0. The van der Waals surface area contributed by atoms with Crippen molar-refractivity contribution in [2.75, 3.05) is 13.1 Å². The van der Waals surface area contributed by atoms with E-state index in [9.17, 15) is 9.59 Å². The first-order chi connectivity index (χ1) is 12.4. The van der Waals surface area contributed by atoms with Crippen LogP contribution in [0.4, 0.5) is 0 Å². The average molecular weight is 354 g/mol. The van der Waals surface area contributed by atoms with Crippen LogP contribution in [0.3, 0.4) is 0 Å². The van der Waals surface area contributed by atoms with Gasteiger partial charge in [0, 0.05) is 35.7 Å². The maximum atomic E-state index is 11.9. The third kappa shape index (κ3) is 4.02. The number of rotatable bonds is 5. The van der Waals surface area contributed by atoms with Crippen LogP contribution < -0.4 is 5.43 Å². The zero-order chi connectivity index (χ0) is 19.3. The molecule has 0 fully saturated rings. The largest absolute Gasteiger partial charge is 0.335 e. The molecule has 0 saturated carbocycles. The van der Waals surface area contributed by atoms with E-state index < -0.39 is 11.8 Å². The van der Waals surface area contributed by atoms with Gasteiger partial charge >= 0.3 is 11.8 Å². The van der Waals surface area contributed by atoms with Crippen LogP contribution in [0.25, 0.3) is 5.69 Å². The van der Waals surface area contributed by atoms with Crippen molar-refractivity contribution in [2.45, 2.75) is 34.6 Å². The van der Waals surface area contributed by atoms with Crippen molar-refractivity contribution in [3.8, 4) is 5.69 Å². The van der Waals surface area contributed by atoms with Gasteiger partial charge in [-0.3, -0.25) is 9.59 Å². The molecule has 0 spiro atoms. The number of likely N-dealkylation sites (N-methyl/N-ethyl adjacent to an activating group) is 1. The van der Waals surface area contributed by atoms with Crippen LogP contribution in [-0.4, -0.2) is 40.6 Å². The van der Waals surface area contributed by atoms with E-state index in [1.54, 1.807) is 6.21 Å². The number of nitrogens with one attached hydrogen (secondary N) is 1. The van der Waals surface area contributed by atoms with Gasteiger partial charge in [0.05, 0.1) is 6.21 Å². The number of aromatic nitrogens is 1. The molecule has 2 aromatic rings. The number of amides is 2. The van der Waals surface area contributed by atoms with E-state index in [1.807, 2.05) is 45.9 Å². The Kier molecular flexibility index (Phi) is 6.33. The highest BCUT2D eigenvalue weighted by Gasteiger charge is 2.18. The van der Waals surface area contributed by atoms with Crippen molar-refractivity contribution in [1.29, 1.82) is 0 Å². The average Bonchev–Trinajstić information content (AvgIpc) is 2.90. The summed E-state index contributed by atoms with van der Waals surface area (Å²) in [4.78, 5) is 25.3. The predicted molar refractivity (Wildman–Crippen MR) is 104 cm³/mol. The fourth-order valence-corrected chi connectivity index (χ4v) is 2.97. The molecule has 0 saturated heterocycles. The molecule has 138 valence electrons. The molecule has 1 N–H and O–H groups in total. The molecule has 1 heterocycles. The van der Waals surface area contributed by atoms with Crippen LogP contribution in [0.5, 0.6) is 0 Å². The van der Waals surface area contributed by atoms with E-state index in [4.69, 9.17) is 0 Å². The molecule has 0 atom stereocenters. The zero-order valence-electron chi connectivity index (χ0n) is 16.0. The Balaban J connectivity index is 2.18. The Morgan fingerprint density at radius 2 is 1.81 bits per heavy atom. The summed E-state index contributed by atoms with van der Waals surface area (Å²) in [7, 11) is 0. The van der Waals surface area contributed by atoms with E-state index in [0.29, 0.717) is 13.1 Å². The van der Waals surface area contributed by atoms with Gasteiger partial charge in [-0.15, -0.1) is 0 Å². The first-order valence-corrected chi connectivity index (χ1v) is 8.77. The fraction of sp³-hybridized carbons (Fsp3) is 0.350.